The van der Waals surface area contributed by atoms with Gasteiger partial charge in [-0.15, -0.1) is 0 Å². The van der Waals surface area contributed by atoms with Gasteiger partial charge in [-0.05, 0) is 47.6 Å². The Hall–Kier alpha value is -4.15. The number of ether oxygens (including phenoxy) is 3. The van der Waals surface area contributed by atoms with E-state index < -0.39 is 19.9 Å². The van der Waals surface area contributed by atoms with Crippen molar-refractivity contribution in [3.05, 3.63) is 114 Å². The molecule has 0 fully saturated rings. The normalized spacial score (nSPS) is 11.5. The lowest BCUT2D eigenvalue weighted by atomic mass is 10.0. The number of methoxy groups -OCH3 is 3. The van der Waals surface area contributed by atoms with E-state index in [9.17, 15) is 9.59 Å². The lowest BCUT2D eigenvalue weighted by Crippen LogP contribution is -2.44. The lowest BCUT2D eigenvalue weighted by molar-refractivity contribution is -0.142. The fourth-order valence-corrected chi connectivity index (χ4v) is 6.70. The smallest absolute Gasteiger partial charge is 0.328 e. The number of esters is 1. The zero-order chi connectivity index (χ0) is 26.9. The van der Waals surface area contributed by atoms with E-state index >= 15 is 0 Å². The largest absolute Gasteiger partial charge is 0.493 e. The first-order valence-corrected chi connectivity index (χ1v) is 13.5. The Morgan fingerprint density at radius 3 is 1.89 bits per heavy atom. The average molecular weight is 528 g/mol. The maximum absolute atomic E-state index is 13.7. The molecule has 4 rings (SSSR count). The summed E-state index contributed by atoms with van der Waals surface area (Å²) in [6, 6.07) is 32.4. The highest BCUT2D eigenvalue weighted by Crippen LogP contribution is 2.34. The standard InChI is InChI=1S/C31H30NO5P/c1-35-27-19-18-22(21-28(27)36-2)20-26(31(34)37-3)32-30(33)25-16-10-11-17-29(25)38(23-12-6-4-7-13-23)24-14-8-5-9-15-24/h4-19,21,26H,20H2,1-3H3,(H,32,33)/t26-/m0/s1. The molecule has 0 bridgehead atoms. The Morgan fingerprint density at radius 2 is 1.32 bits per heavy atom. The second kappa shape index (κ2) is 12.9. The van der Waals surface area contributed by atoms with Crippen molar-refractivity contribution in [1.82, 2.24) is 5.32 Å². The Bertz CT molecular complexity index is 1340. The summed E-state index contributed by atoms with van der Waals surface area (Å²) in [5, 5.41) is 6.09. The molecule has 0 aliphatic carbocycles. The molecule has 38 heavy (non-hydrogen) atoms. The average Bonchev–Trinajstić information content (AvgIpc) is 2.97. The van der Waals surface area contributed by atoms with Gasteiger partial charge in [0.1, 0.15) is 6.04 Å². The first kappa shape index (κ1) is 26.9. The molecular weight excluding hydrogens is 497 g/mol. The Balaban J connectivity index is 1.68. The monoisotopic (exact) mass is 527 g/mol. The molecule has 1 N–H and O–H groups in total. The zero-order valence-electron chi connectivity index (χ0n) is 21.6. The van der Waals surface area contributed by atoms with Gasteiger partial charge in [0.05, 0.1) is 21.3 Å². The first-order valence-electron chi connectivity index (χ1n) is 12.1. The van der Waals surface area contributed by atoms with E-state index in [0.717, 1.165) is 21.5 Å². The lowest BCUT2D eigenvalue weighted by Gasteiger charge is -2.23. The molecule has 194 valence electrons. The van der Waals surface area contributed by atoms with Crippen LogP contribution in [0.4, 0.5) is 0 Å². The van der Waals surface area contributed by atoms with E-state index in [2.05, 4.69) is 29.6 Å². The van der Waals surface area contributed by atoms with Crippen molar-refractivity contribution in [2.75, 3.05) is 21.3 Å². The van der Waals surface area contributed by atoms with Crippen LogP contribution in [0.2, 0.25) is 0 Å². The summed E-state index contributed by atoms with van der Waals surface area (Å²) in [5.41, 5.74) is 1.31. The SMILES string of the molecule is COC(=O)[C@H](Cc1ccc(OC)c(OC)c1)NC(=O)c1ccccc1P(c1ccccc1)c1ccccc1. The molecule has 0 spiro atoms. The van der Waals surface area contributed by atoms with E-state index in [1.165, 1.54) is 7.11 Å². The van der Waals surface area contributed by atoms with Crippen LogP contribution in [0.25, 0.3) is 0 Å². The topological polar surface area (TPSA) is 73.9 Å². The van der Waals surface area contributed by atoms with Crippen LogP contribution in [-0.2, 0) is 16.0 Å². The third-order valence-electron chi connectivity index (χ3n) is 6.10. The van der Waals surface area contributed by atoms with Crippen LogP contribution in [0, 0.1) is 0 Å². The summed E-state index contributed by atoms with van der Waals surface area (Å²) in [4.78, 5) is 26.5. The maximum atomic E-state index is 13.7. The number of amides is 1. The highest BCUT2D eigenvalue weighted by atomic mass is 31.1. The van der Waals surface area contributed by atoms with E-state index in [-0.39, 0.29) is 12.3 Å². The van der Waals surface area contributed by atoms with Gasteiger partial charge in [0, 0.05) is 12.0 Å². The van der Waals surface area contributed by atoms with Crippen molar-refractivity contribution in [1.29, 1.82) is 0 Å². The third-order valence-corrected chi connectivity index (χ3v) is 8.60. The highest BCUT2D eigenvalue weighted by molar-refractivity contribution is 7.80. The third kappa shape index (κ3) is 6.21. The minimum Gasteiger partial charge on any atom is -0.493 e. The van der Waals surface area contributed by atoms with Gasteiger partial charge in [0.15, 0.2) is 11.5 Å². The molecule has 4 aromatic rings. The van der Waals surface area contributed by atoms with Gasteiger partial charge in [-0.1, -0.05) is 84.9 Å². The number of hydrogen-bond acceptors (Lipinski definition) is 5. The summed E-state index contributed by atoms with van der Waals surface area (Å²) in [7, 11) is 3.42. The van der Waals surface area contributed by atoms with Crippen LogP contribution < -0.4 is 30.7 Å². The van der Waals surface area contributed by atoms with Crippen LogP contribution in [0.5, 0.6) is 11.5 Å². The van der Waals surface area contributed by atoms with Crippen LogP contribution in [0.15, 0.2) is 103 Å². The van der Waals surface area contributed by atoms with Crippen molar-refractivity contribution in [3.8, 4) is 11.5 Å². The Kier molecular flexibility index (Phi) is 9.12. The number of rotatable bonds is 10. The summed E-state index contributed by atoms with van der Waals surface area (Å²) >= 11 is 0. The molecular formula is C31H30NO5P. The quantitative estimate of drug-likeness (QED) is 0.250. The molecule has 1 amide bonds. The van der Waals surface area contributed by atoms with Gasteiger partial charge in [-0.3, -0.25) is 4.79 Å². The van der Waals surface area contributed by atoms with Gasteiger partial charge < -0.3 is 19.5 Å². The Labute approximate surface area is 224 Å². The predicted octanol–water partition coefficient (Wildman–Crippen LogP) is 3.98. The van der Waals surface area contributed by atoms with Crippen molar-refractivity contribution < 1.29 is 23.8 Å². The number of carbonyl (C=O) groups is 2. The van der Waals surface area contributed by atoms with Crippen molar-refractivity contribution >= 4 is 35.7 Å². The minimum atomic E-state index is -1.01. The van der Waals surface area contributed by atoms with Crippen molar-refractivity contribution in [3.63, 3.8) is 0 Å². The molecule has 0 radical (unpaired) electrons. The molecule has 1 atom stereocenters. The predicted molar refractivity (Wildman–Crippen MR) is 152 cm³/mol. The van der Waals surface area contributed by atoms with Gasteiger partial charge in [-0.2, -0.15) is 0 Å². The van der Waals surface area contributed by atoms with Crippen LogP contribution >= 0.6 is 7.92 Å². The molecule has 7 heteroatoms. The molecule has 0 saturated carbocycles. The number of hydrogen-bond donors (Lipinski definition) is 1. The summed E-state index contributed by atoms with van der Waals surface area (Å²) < 4.78 is 15.7. The van der Waals surface area contributed by atoms with E-state index in [1.807, 2.05) is 60.7 Å². The molecule has 0 heterocycles. The second-order valence-corrected chi connectivity index (χ2v) is 10.7. The fraction of sp³-hybridized carbons (Fsp3) is 0.161. The molecule has 0 unspecified atom stereocenters. The van der Waals surface area contributed by atoms with E-state index in [1.54, 1.807) is 32.4 Å². The molecule has 0 saturated heterocycles. The number of carbonyl (C=O) groups excluding carboxylic acids is 2. The molecule has 0 aliphatic rings. The summed E-state index contributed by atoms with van der Waals surface area (Å²) in [6.07, 6.45) is 0.229. The van der Waals surface area contributed by atoms with Gasteiger partial charge >= 0.3 is 5.97 Å². The zero-order valence-corrected chi connectivity index (χ0v) is 22.5. The van der Waals surface area contributed by atoms with E-state index in [0.29, 0.717) is 17.1 Å². The van der Waals surface area contributed by atoms with E-state index in [4.69, 9.17) is 14.2 Å². The minimum absolute atomic E-state index is 0.229. The van der Waals surface area contributed by atoms with Crippen LogP contribution in [0.3, 0.4) is 0 Å². The fourth-order valence-electron chi connectivity index (χ4n) is 4.26. The number of benzene rings is 4. The maximum Gasteiger partial charge on any atom is 0.328 e. The van der Waals surface area contributed by atoms with Crippen molar-refractivity contribution in [2.45, 2.75) is 12.5 Å². The van der Waals surface area contributed by atoms with Gasteiger partial charge in [-0.25, -0.2) is 4.79 Å². The van der Waals surface area contributed by atoms with Gasteiger partial charge in [0.25, 0.3) is 5.91 Å². The van der Waals surface area contributed by atoms with Gasteiger partial charge in [0.2, 0.25) is 0 Å². The highest BCUT2D eigenvalue weighted by Gasteiger charge is 2.27. The van der Waals surface area contributed by atoms with Crippen LogP contribution in [-0.4, -0.2) is 39.2 Å². The summed E-state index contributed by atoms with van der Waals surface area (Å²) in [6.45, 7) is 0. The summed E-state index contributed by atoms with van der Waals surface area (Å²) in [5.74, 6) is 0.260. The van der Waals surface area contributed by atoms with Crippen molar-refractivity contribution in [2.24, 2.45) is 0 Å². The molecule has 4 aromatic carbocycles. The molecule has 6 nitrogen and oxygen atoms in total. The second-order valence-electron chi connectivity index (χ2n) is 8.47. The Morgan fingerprint density at radius 1 is 0.737 bits per heavy atom. The molecule has 0 aromatic heterocycles. The molecule has 0 aliphatic heterocycles. The first-order chi connectivity index (χ1) is 18.5. The number of nitrogens with one attached hydrogen (secondary N) is 1. The van der Waals surface area contributed by atoms with Crippen LogP contribution in [0.1, 0.15) is 15.9 Å².